The zero-order valence-electron chi connectivity index (χ0n) is 21.0. The molecule has 0 radical (unpaired) electrons. The van der Waals surface area contributed by atoms with Gasteiger partial charge in [0.05, 0.1) is 23.9 Å². The number of amides is 4. The summed E-state index contributed by atoms with van der Waals surface area (Å²) in [4.78, 5) is 56.3. The summed E-state index contributed by atoms with van der Waals surface area (Å²) < 4.78 is 10.5. The Labute approximate surface area is 211 Å². The van der Waals surface area contributed by atoms with E-state index in [1.165, 1.54) is 0 Å². The summed E-state index contributed by atoms with van der Waals surface area (Å²) in [5, 5.41) is 0. The minimum absolute atomic E-state index is 0.0402. The zero-order chi connectivity index (χ0) is 26.0. The quantitative estimate of drug-likeness (QED) is 0.563. The molecule has 2 aliphatic heterocycles. The van der Waals surface area contributed by atoms with Crippen LogP contribution >= 0.6 is 0 Å². The molecule has 0 spiro atoms. The number of ether oxygens (including phenoxy) is 2. The van der Waals surface area contributed by atoms with Gasteiger partial charge in [0.2, 0.25) is 11.8 Å². The van der Waals surface area contributed by atoms with Crippen molar-refractivity contribution in [2.24, 2.45) is 11.8 Å². The first-order valence-electron chi connectivity index (χ1n) is 12.3. The van der Waals surface area contributed by atoms with Crippen LogP contribution in [0.3, 0.4) is 0 Å². The maximum atomic E-state index is 14.2. The van der Waals surface area contributed by atoms with Crippen LogP contribution in [0.25, 0.3) is 0 Å². The molecule has 4 atom stereocenters. The van der Waals surface area contributed by atoms with Crippen molar-refractivity contribution in [2.75, 3.05) is 13.2 Å². The topological polar surface area (TPSA) is 93.2 Å². The molecular formula is C28H32N2O6. The van der Waals surface area contributed by atoms with Gasteiger partial charge in [0, 0.05) is 0 Å². The van der Waals surface area contributed by atoms with Gasteiger partial charge in [-0.15, -0.1) is 0 Å². The van der Waals surface area contributed by atoms with Crippen LogP contribution in [0.4, 0.5) is 9.59 Å². The van der Waals surface area contributed by atoms with E-state index in [-0.39, 0.29) is 25.0 Å². The van der Waals surface area contributed by atoms with Crippen LogP contribution in [-0.4, -0.2) is 59.1 Å². The molecule has 36 heavy (non-hydrogen) atoms. The van der Waals surface area contributed by atoms with E-state index in [1.807, 2.05) is 39.8 Å². The van der Waals surface area contributed by atoms with Gasteiger partial charge < -0.3 is 9.47 Å². The molecule has 2 saturated heterocycles. The highest BCUT2D eigenvalue weighted by Crippen LogP contribution is 2.39. The lowest BCUT2D eigenvalue weighted by Crippen LogP contribution is -2.49. The third kappa shape index (κ3) is 4.72. The highest BCUT2D eigenvalue weighted by molar-refractivity contribution is 6.04. The fourth-order valence-corrected chi connectivity index (χ4v) is 4.94. The molecule has 190 valence electrons. The van der Waals surface area contributed by atoms with E-state index in [0.29, 0.717) is 11.1 Å². The smallest absolute Gasteiger partial charge is 0.417 e. The Kier molecular flexibility index (Phi) is 7.43. The molecule has 0 aromatic heterocycles. The third-order valence-electron chi connectivity index (χ3n) is 7.01. The lowest BCUT2D eigenvalue weighted by molar-refractivity contribution is -0.139. The van der Waals surface area contributed by atoms with E-state index < -0.39 is 47.9 Å². The van der Waals surface area contributed by atoms with Gasteiger partial charge in [-0.2, -0.15) is 0 Å². The number of imide groups is 2. The maximum absolute atomic E-state index is 14.2. The summed E-state index contributed by atoms with van der Waals surface area (Å²) in [5.41, 5.74) is 1.14. The van der Waals surface area contributed by atoms with Crippen molar-refractivity contribution in [2.45, 2.75) is 51.6 Å². The second-order valence-electron chi connectivity index (χ2n) is 9.97. The third-order valence-corrected chi connectivity index (χ3v) is 7.01. The molecule has 4 amide bonds. The van der Waals surface area contributed by atoms with Crippen LogP contribution in [0.1, 0.15) is 50.7 Å². The fraction of sp³-hybridized carbons (Fsp3) is 0.429. The van der Waals surface area contributed by atoms with Gasteiger partial charge >= 0.3 is 12.2 Å². The normalized spacial score (nSPS) is 21.5. The van der Waals surface area contributed by atoms with Crippen LogP contribution in [-0.2, 0) is 19.1 Å². The molecule has 0 saturated carbocycles. The standard InChI is InChI=1S/C28H32N2O6/c1-17(2)21-15-35-27(33)29(21)25(31)23(19-11-7-5-8-12-19)24(20-13-9-6-10-14-20)26(32)30-22(18(3)4)16-36-28(30)34/h5-14,17-18,21-24H,15-16H2,1-4H3/t21-,22-,23+,24+/m1/s1. The number of carbonyl (C=O) groups is 4. The minimum Gasteiger partial charge on any atom is -0.447 e. The Morgan fingerprint density at radius 3 is 1.31 bits per heavy atom. The van der Waals surface area contributed by atoms with Gasteiger partial charge in [0.1, 0.15) is 13.2 Å². The van der Waals surface area contributed by atoms with Crippen molar-refractivity contribution in [3.63, 3.8) is 0 Å². The number of nitrogens with zero attached hydrogens (tertiary/aromatic N) is 2. The van der Waals surface area contributed by atoms with Crippen LogP contribution in [0.15, 0.2) is 60.7 Å². The van der Waals surface area contributed by atoms with Crippen LogP contribution in [0.2, 0.25) is 0 Å². The van der Waals surface area contributed by atoms with Gasteiger partial charge in [-0.25, -0.2) is 19.4 Å². The first-order chi connectivity index (χ1) is 17.2. The van der Waals surface area contributed by atoms with Crippen molar-refractivity contribution >= 4 is 24.0 Å². The molecule has 2 heterocycles. The van der Waals surface area contributed by atoms with Gasteiger partial charge in [0.25, 0.3) is 0 Å². The molecule has 2 aromatic carbocycles. The predicted octanol–water partition coefficient (Wildman–Crippen LogP) is 4.56. The molecule has 2 aromatic rings. The second-order valence-corrected chi connectivity index (χ2v) is 9.97. The maximum Gasteiger partial charge on any atom is 0.417 e. The summed E-state index contributed by atoms with van der Waals surface area (Å²) in [6.45, 7) is 7.86. The first-order valence-corrected chi connectivity index (χ1v) is 12.3. The Hall–Kier alpha value is -3.68. The van der Waals surface area contributed by atoms with E-state index in [0.717, 1.165) is 9.80 Å². The largest absolute Gasteiger partial charge is 0.447 e. The number of benzene rings is 2. The molecule has 8 nitrogen and oxygen atoms in total. The average Bonchev–Trinajstić information content (AvgIpc) is 3.45. The Morgan fingerprint density at radius 1 is 0.667 bits per heavy atom. The van der Waals surface area contributed by atoms with E-state index in [4.69, 9.17) is 9.47 Å². The average molecular weight is 493 g/mol. The number of carbonyl (C=O) groups excluding carboxylic acids is 4. The summed E-state index contributed by atoms with van der Waals surface area (Å²) in [6.07, 6.45) is -1.45. The summed E-state index contributed by atoms with van der Waals surface area (Å²) >= 11 is 0. The van der Waals surface area contributed by atoms with Crippen LogP contribution < -0.4 is 0 Å². The van der Waals surface area contributed by atoms with Gasteiger partial charge in [-0.1, -0.05) is 88.4 Å². The van der Waals surface area contributed by atoms with Crippen molar-refractivity contribution in [1.29, 1.82) is 0 Å². The van der Waals surface area contributed by atoms with Gasteiger partial charge in [-0.3, -0.25) is 9.59 Å². The SMILES string of the molecule is CC(C)[C@H]1COC(=O)N1C(=O)[C@@H](c1ccccc1)[C@@H](C(=O)N1C(=O)OC[C@@H]1C(C)C)c1ccccc1. The van der Waals surface area contributed by atoms with E-state index >= 15 is 0 Å². The number of cyclic esters (lactones) is 2. The fourth-order valence-electron chi connectivity index (χ4n) is 4.94. The Balaban J connectivity index is 1.87. The van der Waals surface area contributed by atoms with Gasteiger partial charge in [-0.05, 0) is 23.0 Å². The van der Waals surface area contributed by atoms with Gasteiger partial charge in [0.15, 0.2) is 0 Å². The molecule has 0 unspecified atom stereocenters. The zero-order valence-corrected chi connectivity index (χ0v) is 21.0. The minimum atomic E-state index is -1.06. The van der Waals surface area contributed by atoms with Crippen molar-refractivity contribution in [3.05, 3.63) is 71.8 Å². The molecule has 0 N–H and O–H groups in total. The van der Waals surface area contributed by atoms with E-state index in [1.54, 1.807) is 48.5 Å². The second kappa shape index (κ2) is 10.5. The Bertz CT molecular complexity index is 1030. The van der Waals surface area contributed by atoms with E-state index in [2.05, 4.69) is 0 Å². The number of hydrogen-bond acceptors (Lipinski definition) is 6. The lowest BCUT2D eigenvalue weighted by atomic mass is 9.78. The predicted molar refractivity (Wildman–Crippen MR) is 132 cm³/mol. The molecule has 2 fully saturated rings. The molecular weight excluding hydrogens is 460 g/mol. The number of rotatable bonds is 7. The molecule has 0 aliphatic carbocycles. The van der Waals surface area contributed by atoms with Crippen LogP contribution in [0.5, 0.6) is 0 Å². The molecule has 4 rings (SSSR count). The van der Waals surface area contributed by atoms with Crippen molar-refractivity contribution in [1.82, 2.24) is 9.80 Å². The highest BCUT2D eigenvalue weighted by Gasteiger charge is 2.50. The van der Waals surface area contributed by atoms with Crippen molar-refractivity contribution < 1.29 is 28.7 Å². The van der Waals surface area contributed by atoms with Crippen LogP contribution in [0, 0.1) is 11.8 Å². The summed E-state index contributed by atoms with van der Waals surface area (Å²) in [5.74, 6) is -3.26. The molecule has 0 bridgehead atoms. The number of hydrogen-bond donors (Lipinski definition) is 0. The Morgan fingerprint density at radius 2 is 1.00 bits per heavy atom. The molecule has 2 aliphatic rings. The summed E-state index contributed by atoms with van der Waals surface area (Å²) in [6, 6.07) is 16.9. The van der Waals surface area contributed by atoms with E-state index in [9.17, 15) is 19.2 Å². The van der Waals surface area contributed by atoms with Crippen molar-refractivity contribution in [3.8, 4) is 0 Å². The highest BCUT2D eigenvalue weighted by atomic mass is 16.6. The molecule has 8 heteroatoms. The first kappa shape index (κ1) is 25.4. The summed E-state index contributed by atoms with van der Waals surface area (Å²) in [7, 11) is 0. The monoisotopic (exact) mass is 492 g/mol. The lowest BCUT2D eigenvalue weighted by Gasteiger charge is -2.34.